The summed E-state index contributed by atoms with van der Waals surface area (Å²) in [6, 6.07) is -0.823. The molecule has 0 saturated heterocycles. The van der Waals surface area contributed by atoms with Gasteiger partial charge in [-0.25, -0.2) is 4.79 Å². The maximum absolute atomic E-state index is 10.6. The van der Waals surface area contributed by atoms with E-state index in [1.54, 1.807) is 6.92 Å². The lowest BCUT2D eigenvalue weighted by Crippen LogP contribution is -2.41. The van der Waals surface area contributed by atoms with Gasteiger partial charge in [-0.05, 0) is 6.92 Å². The molecule has 0 aromatic heterocycles. The lowest BCUT2D eigenvalue weighted by Gasteiger charge is -2.11. The molecule has 0 aliphatic rings. The molecule has 1 atom stereocenters. The zero-order valence-corrected chi connectivity index (χ0v) is 8.98. The Labute approximate surface area is 87.4 Å². The van der Waals surface area contributed by atoms with Crippen molar-refractivity contribution in [2.24, 2.45) is 0 Å². The lowest BCUT2D eigenvalue weighted by atomic mass is 10.3. The average molecular weight is 215 g/mol. The smallest absolute Gasteiger partial charge is 0.327 e. The third-order valence-corrected chi connectivity index (χ3v) is 2.23. The Kier molecular flexibility index (Phi) is 6.68. The van der Waals surface area contributed by atoms with Crippen LogP contribution in [0, 0.1) is 11.8 Å². The fraction of sp³-hybridized carbons (Fsp3) is 0.556. The molecule has 0 spiro atoms. The van der Waals surface area contributed by atoms with Crippen LogP contribution in [-0.2, 0) is 9.59 Å². The zero-order chi connectivity index (χ0) is 11.0. The molecule has 2 N–H and O–H groups in total. The molecular weight excluding hydrogens is 202 g/mol. The van der Waals surface area contributed by atoms with Crippen molar-refractivity contribution >= 4 is 23.6 Å². The van der Waals surface area contributed by atoms with E-state index in [1.807, 2.05) is 0 Å². The summed E-state index contributed by atoms with van der Waals surface area (Å²) in [5.74, 6) is 5.08. The van der Waals surface area contributed by atoms with Crippen molar-refractivity contribution in [3.8, 4) is 11.8 Å². The van der Waals surface area contributed by atoms with E-state index in [0.717, 1.165) is 0 Å². The van der Waals surface area contributed by atoms with Gasteiger partial charge >= 0.3 is 5.97 Å². The fourth-order valence-electron chi connectivity index (χ4n) is 0.720. The van der Waals surface area contributed by atoms with E-state index in [9.17, 15) is 9.59 Å². The van der Waals surface area contributed by atoms with Crippen LogP contribution in [0.1, 0.15) is 13.8 Å². The number of carboxylic acid groups (broad SMARTS) is 1. The summed E-state index contributed by atoms with van der Waals surface area (Å²) < 4.78 is 0. The van der Waals surface area contributed by atoms with E-state index in [-0.39, 0.29) is 5.91 Å². The minimum atomic E-state index is -1.02. The van der Waals surface area contributed by atoms with Crippen molar-refractivity contribution in [2.45, 2.75) is 19.9 Å². The van der Waals surface area contributed by atoms with Gasteiger partial charge in [0, 0.05) is 12.7 Å². The Balaban J connectivity index is 3.89. The SMILES string of the molecule is CC#CCSCC(NC(C)=O)C(=O)O. The third kappa shape index (κ3) is 6.38. The van der Waals surface area contributed by atoms with Crippen LogP contribution in [0.4, 0.5) is 0 Å². The molecule has 0 aliphatic heterocycles. The highest BCUT2D eigenvalue weighted by Gasteiger charge is 2.17. The molecule has 1 amide bonds. The third-order valence-electron chi connectivity index (χ3n) is 1.31. The second-order valence-corrected chi connectivity index (χ2v) is 3.56. The van der Waals surface area contributed by atoms with E-state index in [0.29, 0.717) is 11.5 Å². The standard InChI is InChI=1S/C9H13NO3S/c1-3-4-5-14-6-8(9(12)13)10-7(2)11/h8H,5-6H2,1-2H3,(H,10,11)(H,12,13). The number of rotatable bonds is 5. The first-order chi connectivity index (χ1) is 6.57. The number of nitrogens with one attached hydrogen (secondary N) is 1. The lowest BCUT2D eigenvalue weighted by molar-refractivity contribution is -0.140. The first-order valence-electron chi connectivity index (χ1n) is 4.05. The molecule has 0 bridgehead atoms. The Bertz CT molecular complexity index is 267. The minimum Gasteiger partial charge on any atom is -0.480 e. The van der Waals surface area contributed by atoms with Crippen LogP contribution in [0.25, 0.3) is 0 Å². The summed E-state index contributed by atoms with van der Waals surface area (Å²) >= 11 is 1.39. The van der Waals surface area contributed by atoms with Gasteiger partial charge in [0.2, 0.25) is 5.91 Å². The normalized spacial score (nSPS) is 11.0. The number of amides is 1. The van der Waals surface area contributed by atoms with Crippen molar-refractivity contribution in [3.05, 3.63) is 0 Å². The van der Waals surface area contributed by atoms with Crippen LogP contribution in [0.3, 0.4) is 0 Å². The minimum absolute atomic E-state index is 0.334. The molecule has 0 rings (SSSR count). The molecular formula is C9H13NO3S. The second kappa shape index (κ2) is 7.27. The Morgan fingerprint density at radius 2 is 2.21 bits per heavy atom. The predicted octanol–water partition coefficient (Wildman–Crippen LogP) is 0.332. The van der Waals surface area contributed by atoms with E-state index >= 15 is 0 Å². The van der Waals surface area contributed by atoms with E-state index in [4.69, 9.17) is 5.11 Å². The van der Waals surface area contributed by atoms with Gasteiger partial charge in [-0.1, -0.05) is 5.92 Å². The number of thioether (sulfide) groups is 1. The summed E-state index contributed by atoms with van der Waals surface area (Å²) in [6.45, 7) is 3.02. The number of hydrogen-bond acceptors (Lipinski definition) is 3. The molecule has 78 valence electrons. The summed E-state index contributed by atoms with van der Waals surface area (Å²) in [5.41, 5.74) is 0. The highest BCUT2D eigenvalue weighted by molar-refractivity contribution is 7.99. The van der Waals surface area contributed by atoms with Gasteiger partial charge in [-0.15, -0.1) is 17.7 Å². The van der Waals surface area contributed by atoms with Crippen LogP contribution < -0.4 is 5.32 Å². The summed E-state index contributed by atoms with van der Waals surface area (Å²) in [7, 11) is 0. The quantitative estimate of drug-likeness (QED) is 0.512. The molecule has 5 heteroatoms. The zero-order valence-electron chi connectivity index (χ0n) is 8.16. The van der Waals surface area contributed by atoms with Crippen molar-refractivity contribution in [2.75, 3.05) is 11.5 Å². The molecule has 0 heterocycles. The maximum atomic E-state index is 10.6. The Hall–Kier alpha value is -1.15. The van der Waals surface area contributed by atoms with Crippen molar-refractivity contribution in [1.82, 2.24) is 5.32 Å². The number of carbonyl (C=O) groups excluding carboxylic acids is 1. The van der Waals surface area contributed by atoms with Crippen molar-refractivity contribution in [1.29, 1.82) is 0 Å². The first kappa shape index (κ1) is 12.8. The maximum Gasteiger partial charge on any atom is 0.327 e. The van der Waals surface area contributed by atoms with Gasteiger partial charge in [0.05, 0.1) is 5.75 Å². The monoisotopic (exact) mass is 215 g/mol. The molecule has 4 nitrogen and oxygen atoms in total. The van der Waals surface area contributed by atoms with Gasteiger partial charge in [0.1, 0.15) is 6.04 Å². The molecule has 0 saturated carbocycles. The van der Waals surface area contributed by atoms with Crippen LogP contribution in [-0.4, -0.2) is 34.5 Å². The highest BCUT2D eigenvalue weighted by atomic mass is 32.2. The Morgan fingerprint density at radius 1 is 1.57 bits per heavy atom. The van der Waals surface area contributed by atoms with E-state index in [2.05, 4.69) is 17.2 Å². The van der Waals surface area contributed by atoms with Crippen LogP contribution in [0.5, 0.6) is 0 Å². The van der Waals surface area contributed by atoms with Crippen LogP contribution in [0.15, 0.2) is 0 Å². The first-order valence-corrected chi connectivity index (χ1v) is 5.20. The number of aliphatic carboxylic acids is 1. The van der Waals surface area contributed by atoms with Crippen molar-refractivity contribution in [3.63, 3.8) is 0 Å². The van der Waals surface area contributed by atoms with Gasteiger partial charge in [-0.3, -0.25) is 4.79 Å². The topological polar surface area (TPSA) is 66.4 Å². The van der Waals surface area contributed by atoms with Gasteiger partial charge in [0.25, 0.3) is 0 Å². The van der Waals surface area contributed by atoms with Gasteiger partial charge < -0.3 is 10.4 Å². The van der Waals surface area contributed by atoms with E-state index < -0.39 is 12.0 Å². The van der Waals surface area contributed by atoms with Crippen LogP contribution in [0.2, 0.25) is 0 Å². The van der Waals surface area contributed by atoms with Gasteiger partial charge in [0.15, 0.2) is 0 Å². The molecule has 1 unspecified atom stereocenters. The molecule has 14 heavy (non-hydrogen) atoms. The molecule has 0 aromatic carbocycles. The largest absolute Gasteiger partial charge is 0.480 e. The molecule has 0 radical (unpaired) electrons. The predicted molar refractivity (Wildman–Crippen MR) is 56.0 cm³/mol. The fourth-order valence-corrected chi connectivity index (χ4v) is 1.55. The Morgan fingerprint density at radius 3 is 2.64 bits per heavy atom. The number of carbonyl (C=O) groups is 2. The summed E-state index contributed by atoms with van der Waals surface area (Å²) in [6.07, 6.45) is 0. The second-order valence-electron chi connectivity index (χ2n) is 2.53. The van der Waals surface area contributed by atoms with Crippen LogP contribution >= 0.6 is 11.8 Å². The van der Waals surface area contributed by atoms with E-state index in [1.165, 1.54) is 18.7 Å². The highest BCUT2D eigenvalue weighted by Crippen LogP contribution is 2.02. The summed E-state index contributed by atoms with van der Waals surface area (Å²) in [4.78, 5) is 21.3. The molecule has 0 fully saturated rings. The molecule has 0 aromatic rings. The van der Waals surface area contributed by atoms with Crippen molar-refractivity contribution < 1.29 is 14.7 Å². The summed E-state index contributed by atoms with van der Waals surface area (Å²) in [5, 5.41) is 11.1. The number of carboxylic acids is 1. The molecule has 0 aliphatic carbocycles. The van der Waals surface area contributed by atoms with Gasteiger partial charge in [-0.2, -0.15) is 0 Å². The number of hydrogen-bond donors (Lipinski definition) is 2. The average Bonchev–Trinajstić information content (AvgIpc) is 2.09.